The Labute approximate surface area is 177 Å². The Hall–Kier alpha value is -4.46. The number of benzene rings is 3. The van der Waals surface area contributed by atoms with Gasteiger partial charge in [-0.1, -0.05) is 35.9 Å². The highest BCUT2D eigenvalue weighted by atomic mass is 16.4. The van der Waals surface area contributed by atoms with E-state index < -0.39 is 23.9 Å². The molecule has 0 aliphatic heterocycles. The summed E-state index contributed by atoms with van der Waals surface area (Å²) in [5.74, 6) is -3.88. The molecule has 0 radical (unpaired) electrons. The van der Waals surface area contributed by atoms with Crippen LogP contribution < -0.4 is 0 Å². The van der Waals surface area contributed by atoms with Crippen LogP contribution in [0, 0.1) is 6.92 Å². The molecule has 31 heavy (non-hydrogen) atoms. The second-order valence-corrected chi connectivity index (χ2v) is 6.03. The van der Waals surface area contributed by atoms with Crippen molar-refractivity contribution in [3.63, 3.8) is 0 Å². The van der Waals surface area contributed by atoms with Gasteiger partial charge in [-0.25, -0.2) is 19.2 Å². The maximum atomic E-state index is 10.3. The molecular formula is C23H20O8. The fraction of sp³-hybridized carbons (Fsp3) is 0.0435. The summed E-state index contributed by atoms with van der Waals surface area (Å²) in [7, 11) is 0. The molecule has 3 aromatic carbocycles. The van der Waals surface area contributed by atoms with E-state index >= 15 is 0 Å². The fourth-order valence-corrected chi connectivity index (χ4v) is 2.03. The van der Waals surface area contributed by atoms with E-state index in [1.807, 2.05) is 6.92 Å². The van der Waals surface area contributed by atoms with Crippen molar-refractivity contribution in [2.45, 2.75) is 6.92 Å². The molecule has 0 aromatic heterocycles. The van der Waals surface area contributed by atoms with E-state index in [2.05, 4.69) is 0 Å². The van der Waals surface area contributed by atoms with Gasteiger partial charge in [0.05, 0.1) is 22.3 Å². The first-order valence-corrected chi connectivity index (χ1v) is 8.76. The summed E-state index contributed by atoms with van der Waals surface area (Å²) in [5, 5.41) is 33.8. The number of rotatable bonds is 4. The van der Waals surface area contributed by atoms with E-state index in [1.165, 1.54) is 24.3 Å². The molecular weight excluding hydrogens is 404 g/mol. The Balaban J connectivity index is 0.000000235. The number of carbonyl (C=O) groups is 4. The van der Waals surface area contributed by atoms with Crippen molar-refractivity contribution in [1.82, 2.24) is 0 Å². The molecule has 3 aromatic rings. The molecule has 8 nitrogen and oxygen atoms in total. The Kier molecular flexibility index (Phi) is 9.65. The largest absolute Gasteiger partial charge is 0.478 e. The lowest BCUT2D eigenvalue weighted by molar-refractivity contribution is 0.0681. The molecule has 4 N–H and O–H groups in total. The fourth-order valence-electron chi connectivity index (χ4n) is 2.03. The van der Waals surface area contributed by atoms with Crippen molar-refractivity contribution >= 4 is 23.9 Å². The first-order chi connectivity index (χ1) is 14.6. The highest BCUT2D eigenvalue weighted by Gasteiger charge is 2.05. The Morgan fingerprint density at radius 1 is 0.452 bits per heavy atom. The van der Waals surface area contributed by atoms with Crippen molar-refractivity contribution in [2.24, 2.45) is 0 Å². The predicted molar refractivity (Wildman–Crippen MR) is 112 cm³/mol. The van der Waals surface area contributed by atoms with E-state index in [-0.39, 0.29) is 11.1 Å². The molecule has 0 bridgehead atoms. The molecule has 3 rings (SSSR count). The summed E-state index contributed by atoms with van der Waals surface area (Å²) in [5.41, 5.74) is 1.91. The average molecular weight is 424 g/mol. The Bertz CT molecular complexity index is 990. The summed E-state index contributed by atoms with van der Waals surface area (Å²) < 4.78 is 0. The second-order valence-electron chi connectivity index (χ2n) is 6.03. The maximum Gasteiger partial charge on any atom is 0.335 e. The minimum atomic E-state index is -1.06. The van der Waals surface area contributed by atoms with Crippen LogP contribution in [0.4, 0.5) is 0 Å². The molecule has 0 saturated heterocycles. The van der Waals surface area contributed by atoms with Gasteiger partial charge in [-0.15, -0.1) is 0 Å². The van der Waals surface area contributed by atoms with Gasteiger partial charge in [-0.3, -0.25) is 0 Å². The van der Waals surface area contributed by atoms with Crippen LogP contribution in [0.5, 0.6) is 0 Å². The van der Waals surface area contributed by atoms with Gasteiger partial charge in [0.25, 0.3) is 0 Å². The first-order valence-electron chi connectivity index (χ1n) is 8.76. The third-order valence-corrected chi connectivity index (χ3v) is 3.70. The highest BCUT2D eigenvalue weighted by Crippen LogP contribution is 2.04. The van der Waals surface area contributed by atoms with E-state index in [0.717, 1.165) is 5.56 Å². The van der Waals surface area contributed by atoms with Crippen molar-refractivity contribution < 1.29 is 39.6 Å². The lowest BCUT2D eigenvalue weighted by atomic mass is 10.1. The standard InChI is InChI=1S/C8H6O4.C8H8O2.C7H6O2/c9-7(10)5-1-2-6(4-3-5)8(11)12;1-6-2-4-7(5-3-6)8(9)10;8-7(9)6-4-2-1-3-5-6/h1-4H,(H,9,10)(H,11,12);2-5H,1H3,(H,9,10);1-5H,(H,8,9). The topological polar surface area (TPSA) is 149 Å². The highest BCUT2D eigenvalue weighted by molar-refractivity contribution is 5.91. The van der Waals surface area contributed by atoms with Crippen molar-refractivity contribution in [3.8, 4) is 0 Å². The number of aromatic carboxylic acids is 4. The monoisotopic (exact) mass is 424 g/mol. The summed E-state index contributed by atoms with van der Waals surface area (Å²) in [6.07, 6.45) is 0. The maximum absolute atomic E-state index is 10.3. The molecule has 0 saturated carbocycles. The normalized spacial score (nSPS) is 9.19. The van der Waals surface area contributed by atoms with Gasteiger partial charge >= 0.3 is 23.9 Å². The molecule has 0 heterocycles. The van der Waals surface area contributed by atoms with Gasteiger partial charge in [0.15, 0.2) is 0 Å². The molecule has 0 atom stereocenters. The summed E-state index contributed by atoms with van der Waals surface area (Å²) >= 11 is 0. The number of hydrogen-bond acceptors (Lipinski definition) is 4. The van der Waals surface area contributed by atoms with Crippen LogP contribution in [0.25, 0.3) is 0 Å². The van der Waals surface area contributed by atoms with E-state index in [4.69, 9.17) is 20.4 Å². The molecule has 0 aliphatic carbocycles. The molecule has 0 spiro atoms. The minimum absolute atomic E-state index is 0.0833. The first kappa shape index (κ1) is 24.6. The minimum Gasteiger partial charge on any atom is -0.478 e. The van der Waals surface area contributed by atoms with Crippen molar-refractivity contribution in [3.05, 3.63) is 107 Å². The van der Waals surface area contributed by atoms with E-state index in [9.17, 15) is 19.2 Å². The van der Waals surface area contributed by atoms with Crippen LogP contribution in [0.2, 0.25) is 0 Å². The van der Waals surface area contributed by atoms with Gasteiger partial charge in [0.1, 0.15) is 0 Å². The molecule has 0 aliphatic rings. The van der Waals surface area contributed by atoms with Crippen molar-refractivity contribution in [2.75, 3.05) is 0 Å². The molecule has 0 fully saturated rings. The third kappa shape index (κ3) is 9.05. The summed E-state index contributed by atoms with van der Waals surface area (Å²) in [6, 6.07) is 20.1. The smallest absolute Gasteiger partial charge is 0.335 e. The number of hydrogen-bond donors (Lipinski definition) is 4. The number of carboxylic acids is 4. The SMILES string of the molecule is Cc1ccc(C(=O)O)cc1.O=C(O)c1ccc(C(=O)O)cc1.O=C(O)c1ccccc1. The zero-order chi connectivity index (χ0) is 23.4. The van der Waals surface area contributed by atoms with E-state index in [0.29, 0.717) is 11.1 Å². The third-order valence-electron chi connectivity index (χ3n) is 3.70. The quantitative estimate of drug-likeness (QED) is 0.488. The van der Waals surface area contributed by atoms with Gasteiger partial charge < -0.3 is 20.4 Å². The zero-order valence-corrected chi connectivity index (χ0v) is 16.4. The van der Waals surface area contributed by atoms with Crippen LogP contribution in [-0.4, -0.2) is 44.3 Å². The van der Waals surface area contributed by atoms with Crippen LogP contribution in [-0.2, 0) is 0 Å². The van der Waals surface area contributed by atoms with Gasteiger partial charge in [0.2, 0.25) is 0 Å². The molecule has 160 valence electrons. The molecule has 8 heteroatoms. The Morgan fingerprint density at radius 2 is 0.710 bits per heavy atom. The van der Waals surface area contributed by atoms with E-state index in [1.54, 1.807) is 54.6 Å². The molecule has 0 unspecified atom stereocenters. The Morgan fingerprint density at radius 3 is 0.968 bits per heavy atom. The zero-order valence-electron chi connectivity index (χ0n) is 16.4. The van der Waals surface area contributed by atoms with Crippen molar-refractivity contribution in [1.29, 1.82) is 0 Å². The van der Waals surface area contributed by atoms with Crippen LogP contribution in [0.3, 0.4) is 0 Å². The molecule has 0 amide bonds. The predicted octanol–water partition coefficient (Wildman–Crippen LogP) is 4.16. The summed E-state index contributed by atoms with van der Waals surface area (Å²) in [6.45, 7) is 1.92. The summed E-state index contributed by atoms with van der Waals surface area (Å²) in [4.78, 5) is 41.2. The van der Waals surface area contributed by atoms with Gasteiger partial charge in [-0.05, 0) is 55.5 Å². The van der Waals surface area contributed by atoms with Crippen LogP contribution >= 0.6 is 0 Å². The van der Waals surface area contributed by atoms with Crippen LogP contribution in [0.1, 0.15) is 47.0 Å². The van der Waals surface area contributed by atoms with Gasteiger partial charge in [-0.2, -0.15) is 0 Å². The average Bonchev–Trinajstić information content (AvgIpc) is 2.75. The van der Waals surface area contributed by atoms with Gasteiger partial charge in [0, 0.05) is 0 Å². The number of carboxylic acid groups (broad SMARTS) is 4. The lowest BCUT2D eigenvalue weighted by Crippen LogP contribution is -1.99. The second kappa shape index (κ2) is 12.2. The number of aryl methyl sites for hydroxylation is 1. The van der Waals surface area contributed by atoms with Crippen LogP contribution in [0.15, 0.2) is 78.9 Å². The lowest BCUT2D eigenvalue weighted by Gasteiger charge is -1.94.